The van der Waals surface area contributed by atoms with Crippen molar-refractivity contribution < 1.29 is 4.74 Å². The monoisotopic (exact) mass is 254 g/mol. The summed E-state index contributed by atoms with van der Waals surface area (Å²) < 4.78 is 5.71. The fraction of sp³-hybridized carbons (Fsp3) is 0.538. The molecule has 2 atom stereocenters. The molecule has 2 N–H and O–H groups in total. The minimum Gasteiger partial charge on any atom is -0.374 e. The summed E-state index contributed by atoms with van der Waals surface area (Å²) in [7, 11) is 2.09. The van der Waals surface area contributed by atoms with E-state index in [2.05, 4.69) is 11.9 Å². The van der Waals surface area contributed by atoms with Crippen LogP contribution in [0.3, 0.4) is 0 Å². The predicted octanol–water partition coefficient (Wildman–Crippen LogP) is 1.54. The molecule has 4 heteroatoms. The molecule has 0 radical (unpaired) electrons. The number of hydrogen-bond donors (Lipinski definition) is 1. The van der Waals surface area contributed by atoms with Crippen LogP contribution in [0, 0.1) is 0 Å². The zero-order valence-electron chi connectivity index (χ0n) is 10.1. The van der Waals surface area contributed by atoms with Gasteiger partial charge in [0.15, 0.2) is 0 Å². The molecule has 1 aromatic rings. The second-order valence-electron chi connectivity index (χ2n) is 4.63. The second kappa shape index (κ2) is 5.83. The van der Waals surface area contributed by atoms with E-state index in [1.807, 2.05) is 24.3 Å². The molecule has 0 amide bonds. The van der Waals surface area contributed by atoms with Gasteiger partial charge in [0.2, 0.25) is 0 Å². The first-order chi connectivity index (χ1) is 8.16. The number of ether oxygens (including phenoxy) is 1. The van der Waals surface area contributed by atoms with E-state index in [1.54, 1.807) is 0 Å². The maximum absolute atomic E-state index is 6.20. The maximum atomic E-state index is 6.20. The SMILES string of the molecule is CN1CCOC(C(N)Cc2ccccc2Cl)C1. The molecule has 3 nitrogen and oxygen atoms in total. The van der Waals surface area contributed by atoms with Crippen molar-refractivity contribution in [2.75, 3.05) is 26.7 Å². The summed E-state index contributed by atoms with van der Waals surface area (Å²) in [4.78, 5) is 2.25. The Balaban J connectivity index is 1.96. The number of morpholine rings is 1. The van der Waals surface area contributed by atoms with Gasteiger partial charge in [0.1, 0.15) is 0 Å². The Morgan fingerprint density at radius 1 is 1.53 bits per heavy atom. The van der Waals surface area contributed by atoms with Crippen LogP contribution in [0.4, 0.5) is 0 Å². The van der Waals surface area contributed by atoms with Gasteiger partial charge in [-0.05, 0) is 25.1 Å². The van der Waals surface area contributed by atoms with E-state index in [1.165, 1.54) is 0 Å². The standard InChI is InChI=1S/C13H19ClN2O/c1-16-6-7-17-13(9-16)12(15)8-10-4-2-3-5-11(10)14/h2-5,12-13H,6-9,15H2,1H3. The van der Waals surface area contributed by atoms with Crippen molar-refractivity contribution in [2.45, 2.75) is 18.6 Å². The third-order valence-corrected chi connectivity index (χ3v) is 3.56. The number of nitrogens with zero attached hydrogens (tertiary/aromatic N) is 1. The Morgan fingerprint density at radius 2 is 2.29 bits per heavy atom. The molecular weight excluding hydrogens is 236 g/mol. The molecule has 94 valence electrons. The van der Waals surface area contributed by atoms with E-state index in [0.717, 1.165) is 36.7 Å². The molecular formula is C13H19ClN2O. The van der Waals surface area contributed by atoms with E-state index in [0.29, 0.717) is 0 Å². The van der Waals surface area contributed by atoms with Crippen LogP contribution >= 0.6 is 11.6 Å². The first kappa shape index (κ1) is 12.8. The van der Waals surface area contributed by atoms with Gasteiger partial charge in [0.25, 0.3) is 0 Å². The van der Waals surface area contributed by atoms with Crippen LogP contribution in [-0.2, 0) is 11.2 Å². The van der Waals surface area contributed by atoms with Crippen LogP contribution in [0.25, 0.3) is 0 Å². The van der Waals surface area contributed by atoms with Crippen molar-refractivity contribution in [3.63, 3.8) is 0 Å². The number of likely N-dealkylation sites (N-methyl/N-ethyl adjacent to an activating group) is 1. The average molecular weight is 255 g/mol. The molecule has 1 aliphatic rings. The Labute approximate surface area is 107 Å². The molecule has 0 bridgehead atoms. The Bertz CT molecular complexity index is 372. The van der Waals surface area contributed by atoms with E-state index in [9.17, 15) is 0 Å². The van der Waals surface area contributed by atoms with Crippen LogP contribution in [0.15, 0.2) is 24.3 Å². The van der Waals surface area contributed by atoms with Gasteiger partial charge in [-0.15, -0.1) is 0 Å². The number of halogens is 1. The van der Waals surface area contributed by atoms with E-state index in [4.69, 9.17) is 22.1 Å². The van der Waals surface area contributed by atoms with E-state index < -0.39 is 0 Å². The van der Waals surface area contributed by atoms with Crippen molar-refractivity contribution in [2.24, 2.45) is 5.73 Å². The third-order valence-electron chi connectivity index (χ3n) is 3.19. The molecule has 17 heavy (non-hydrogen) atoms. The largest absolute Gasteiger partial charge is 0.374 e. The topological polar surface area (TPSA) is 38.5 Å². The molecule has 0 spiro atoms. The molecule has 0 saturated carbocycles. The number of benzene rings is 1. The summed E-state index contributed by atoms with van der Waals surface area (Å²) in [6, 6.07) is 7.84. The molecule has 2 rings (SSSR count). The Hall–Kier alpha value is -0.610. The fourth-order valence-electron chi connectivity index (χ4n) is 2.12. The molecule has 1 heterocycles. The Morgan fingerprint density at radius 3 is 3.00 bits per heavy atom. The maximum Gasteiger partial charge on any atom is 0.0856 e. The van der Waals surface area contributed by atoms with E-state index >= 15 is 0 Å². The highest BCUT2D eigenvalue weighted by Crippen LogP contribution is 2.18. The van der Waals surface area contributed by atoms with Crippen molar-refractivity contribution in [1.29, 1.82) is 0 Å². The number of hydrogen-bond acceptors (Lipinski definition) is 3. The summed E-state index contributed by atoms with van der Waals surface area (Å²) >= 11 is 6.13. The highest BCUT2D eigenvalue weighted by Gasteiger charge is 2.24. The van der Waals surface area contributed by atoms with Gasteiger partial charge >= 0.3 is 0 Å². The summed E-state index contributed by atoms with van der Waals surface area (Å²) in [5.74, 6) is 0. The van der Waals surface area contributed by atoms with Crippen molar-refractivity contribution in [1.82, 2.24) is 4.90 Å². The van der Waals surface area contributed by atoms with Crippen LogP contribution in [-0.4, -0.2) is 43.8 Å². The summed E-state index contributed by atoms with van der Waals surface area (Å²) in [6.45, 7) is 2.64. The fourth-order valence-corrected chi connectivity index (χ4v) is 2.33. The molecule has 0 aromatic heterocycles. The summed E-state index contributed by atoms with van der Waals surface area (Å²) in [6.07, 6.45) is 0.864. The molecule has 0 aliphatic carbocycles. The minimum absolute atomic E-state index is 0.00218. The van der Waals surface area contributed by atoms with Crippen LogP contribution in [0.5, 0.6) is 0 Å². The van der Waals surface area contributed by atoms with Crippen LogP contribution < -0.4 is 5.73 Å². The molecule has 1 fully saturated rings. The summed E-state index contributed by atoms with van der Waals surface area (Å²) in [5, 5.41) is 0.784. The zero-order valence-corrected chi connectivity index (χ0v) is 10.9. The van der Waals surface area contributed by atoms with Crippen molar-refractivity contribution in [3.05, 3.63) is 34.9 Å². The van der Waals surface area contributed by atoms with Crippen molar-refractivity contribution >= 4 is 11.6 Å². The molecule has 1 aromatic carbocycles. The third kappa shape index (κ3) is 3.42. The number of nitrogens with two attached hydrogens (primary N) is 1. The number of rotatable bonds is 3. The van der Waals surface area contributed by atoms with Gasteiger partial charge in [-0.1, -0.05) is 29.8 Å². The van der Waals surface area contributed by atoms with Crippen LogP contribution in [0.1, 0.15) is 5.56 Å². The second-order valence-corrected chi connectivity index (χ2v) is 5.04. The van der Waals surface area contributed by atoms with Gasteiger partial charge in [-0.2, -0.15) is 0 Å². The average Bonchev–Trinajstić information content (AvgIpc) is 2.32. The highest BCUT2D eigenvalue weighted by atomic mass is 35.5. The minimum atomic E-state index is -0.00218. The first-order valence-corrected chi connectivity index (χ1v) is 6.34. The van der Waals surface area contributed by atoms with Gasteiger partial charge in [-0.25, -0.2) is 0 Å². The summed E-state index contributed by atoms with van der Waals surface area (Å²) in [5.41, 5.74) is 7.30. The van der Waals surface area contributed by atoms with Gasteiger partial charge < -0.3 is 15.4 Å². The molecule has 1 saturated heterocycles. The quantitative estimate of drug-likeness (QED) is 0.889. The van der Waals surface area contributed by atoms with Crippen molar-refractivity contribution in [3.8, 4) is 0 Å². The van der Waals surface area contributed by atoms with Gasteiger partial charge in [0.05, 0.1) is 12.7 Å². The highest BCUT2D eigenvalue weighted by molar-refractivity contribution is 6.31. The predicted molar refractivity (Wildman–Crippen MR) is 70.4 cm³/mol. The lowest BCUT2D eigenvalue weighted by Gasteiger charge is -2.33. The lowest BCUT2D eigenvalue weighted by molar-refractivity contribution is -0.0319. The van der Waals surface area contributed by atoms with Crippen LogP contribution in [0.2, 0.25) is 5.02 Å². The Kier molecular flexibility index (Phi) is 4.40. The smallest absolute Gasteiger partial charge is 0.0856 e. The lowest BCUT2D eigenvalue weighted by atomic mass is 10.0. The first-order valence-electron chi connectivity index (χ1n) is 5.96. The van der Waals surface area contributed by atoms with Gasteiger partial charge in [0, 0.05) is 24.2 Å². The molecule has 1 aliphatic heterocycles. The molecule has 2 unspecified atom stereocenters. The lowest BCUT2D eigenvalue weighted by Crippen LogP contribution is -2.50. The normalized spacial score (nSPS) is 23.6. The van der Waals surface area contributed by atoms with E-state index in [-0.39, 0.29) is 12.1 Å². The zero-order chi connectivity index (χ0) is 12.3. The van der Waals surface area contributed by atoms with Gasteiger partial charge in [-0.3, -0.25) is 0 Å².